The Morgan fingerprint density at radius 1 is 0.857 bits per heavy atom. The van der Waals surface area contributed by atoms with Gasteiger partial charge in [0, 0.05) is 19.1 Å². The summed E-state index contributed by atoms with van der Waals surface area (Å²) < 4.78 is 16.6. The van der Waals surface area contributed by atoms with E-state index in [0.717, 1.165) is 23.1 Å². The molecule has 3 aromatic rings. The molecule has 0 spiro atoms. The zero-order valence-electron chi connectivity index (χ0n) is 19.9. The van der Waals surface area contributed by atoms with Gasteiger partial charge in [0.15, 0.2) is 0 Å². The maximum absolute atomic E-state index is 12.7. The van der Waals surface area contributed by atoms with Gasteiger partial charge in [0.25, 0.3) is 0 Å². The Balaban J connectivity index is 1.31. The zero-order chi connectivity index (χ0) is 24.5. The van der Waals surface area contributed by atoms with Gasteiger partial charge in [-0.2, -0.15) is 0 Å². The molecule has 0 bridgehead atoms. The van der Waals surface area contributed by atoms with Crippen molar-refractivity contribution in [3.05, 3.63) is 95.6 Å². The molecule has 1 N–H and O–H groups in total. The van der Waals surface area contributed by atoms with Crippen LogP contribution in [0.1, 0.15) is 36.0 Å². The van der Waals surface area contributed by atoms with Crippen molar-refractivity contribution in [1.29, 1.82) is 0 Å². The first kappa shape index (κ1) is 24.5. The first-order chi connectivity index (χ1) is 17.2. The summed E-state index contributed by atoms with van der Waals surface area (Å²) >= 11 is 0. The third-order valence-corrected chi connectivity index (χ3v) is 6.06. The van der Waals surface area contributed by atoms with Gasteiger partial charge in [0.2, 0.25) is 0 Å². The van der Waals surface area contributed by atoms with Gasteiger partial charge in [-0.15, -0.1) is 0 Å². The summed E-state index contributed by atoms with van der Waals surface area (Å²) in [5, 5.41) is 2.72. The summed E-state index contributed by atoms with van der Waals surface area (Å²) in [7, 11) is 0. The molecular formula is C29H31NO5. The van der Waals surface area contributed by atoms with Gasteiger partial charge < -0.3 is 19.5 Å². The van der Waals surface area contributed by atoms with Crippen molar-refractivity contribution in [2.24, 2.45) is 5.92 Å². The average molecular weight is 474 g/mol. The number of fused-ring (bicyclic) bond motifs is 3. The normalized spacial score (nSPS) is 12.9. The van der Waals surface area contributed by atoms with Crippen molar-refractivity contribution < 1.29 is 23.8 Å². The number of alkyl carbamates (subject to hydrolysis) is 1. The lowest BCUT2D eigenvalue weighted by Gasteiger charge is -2.18. The van der Waals surface area contributed by atoms with Crippen molar-refractivity contribution in [3.8, 4) is 11.1 Å². The minimum atomic E-state index is -0.620. The van der Waals surface area contributed by atoms with Crippen molar-refractivity contribution in [1.82, 2.24) is 5.32 Å². The van der Waals surface area contributed by atoms with Gasteiger partial charge in [0.05, 0.1) is 12.5 Å². The van der Waals surface area contributed by atoms with E-state index < -0.39 is 18.0 Å². The van der Waals surface area contributed by atoms with Crippen LogP contribution in [0.2, 0.25) is 0 Å². The minimum Gasteiger partial charge on any atom is -0.460 e. The molecule has 0 heterocycles. The van der Waals surface area contributed by atoms with Gasteiger partial charge in [-0.3, -0.25) is 4.79 Å². The molecule has 35 heavy (non-hydrogen) atoms. The molecule has 0 aliphatic heterocycles. The quantitative estimate of drug-likeness (QED) is 0.302. The summed E-state index contributed by atoms with van der Waals surface area (Å²) in [5.74, 6) is -1.05. The second-order valence-electron chi connectivity index (χ2n) is 8.57. The number of carbonyl (C=O) groups is 2. The Bertz CT molecular complexity index is 1090. The highest BCUT2D eigenvalue weighted by Gasteiger charge is 2.29. The number of rotatable bonds is 11. The topological polar surface area (TPSA) is 73.9 Å². The van der Waals surface area contributed by atoms with Gasteiger partial charge in [-0.1, -0.05) is 85.8 Å². The minimum absolute atomic E-state index is 0.0207. The molecular weight excluding hydrogens is 442 g/mol. The van der Waals surface area contributed by atoms with E-state index in [1.807, 2.05) is 61.5 Å². The van der Waals surface area contributed by atoms with Gasteiger partial charge in [0.1, 0.15) is 13.2 Å². The van der Waals surface area contributed by atoms with Gasteiger partial charge in [-0.25, -0.2) is 4.79 Å². The Kier molecular flexibility index (Phi) is 8.52. The SMILES string of the molecule is CCCOC[C@@H](CNC(=O)OCC1c2ccccc2-c2ccccc21)C(=O)OCc1ccccc1. The first-order valence-electron chi connectivity index (χ1n) is 12.0. The van der Waals surface area contributed by atoms with Crippen LogP contribution in [-0.2, 0) is 25.6 Å². The number of esters is 1. The summed E-state index contributed by atoms with van der Waals surface area (Å²) in [4.78, 5) is 25.2. The van der Waals surface area contributed by atoms with Crippen LogP contribution in [0.25, 0.3) is 11.1 Å². The average Bonchev–Trinajstić information content (AvgIpc) is 3.22. The molecule has 6 heteroatoms. The molecule has 1 amide bonds. The van der Waals surface area contributed by atoms with E-state index in [2.05, 4.69) is 29.6 Å². The predicted molar refractivity (Wildman–Crippen MR) is 134 cm³/mol. The van der Waals surface area contributed by atoms with Gasteiger partial charge >= 0.3 is 12.1 Å². The first-order valence-corrected chi connectivity index (χ1v) is 12.0. The number of benzene rings is 3. The Morgan fingerprint density at radius 3 is 2.14 bits per heavy atom. The third kappa shape index (κ3) is 6.28. The fraction of sp³-hybridized carbons (Fsp3) is 0.310. The highest BCUT2D eigenvalue weighted by Crippen LogP contribution is 2.44. The second kappa shape index (κ2) is 12.2. The van der Waals surface area contributed by atoms with E-state index in [1.54, 1.807) is 0 Å². The number of nitrogens with one attached hydrogen (secondary N) is 1. The number of amides is 1. The molecule has 0 fully saturated rings. The summed E-state index contributed by atoms with van der Waals surface area (Å²) in [6.07, 6.45) is 0.272. The lowest BCUT2D eigenvalue weighted by Crippen LogP contribution is -2.37. The predicted octanol–water partition coefficient (Wildman–Crippen LogP) is 5.31. The van der Waals surface area contributed by atoms with E-state index in [4.69, 9.17) is 14.2 Å². The number of hydrogen-bond donors (Lipinski definition) is 1. The highest BCUT2D eigenvalue weighted by molar-refractivity contribution is 5.79. The monoisotopic (exact) mass is 473 g/mol. The number of hydrogen-bond acceptors (Lipinski definition) is 5. The van der Waals surface area contributed by atoms with Crippen LogP contribution >= 0.6 is 0 Å². The van der Waals surface area contributed by atoms with E-state index in [9.17, 15) is 9.59 Å². The smallest absolute Gasteiger partial charge is 0.407 e. The molecule has 182 valence electrons. The largest absolute Gasteiger partial charge is 0.460 e. The maximum atomic E-state index is 12.7. The lowest BCUT2D eigenvalue weighted by atomic mass is 9.98. The van der Waals surface area contributed by atoms with Crippen LogP contribution in [0.15, 0.2) is 78.9 Å². The molecule has 4 rings (SSSR count). The summed E-state index contributed by atoms with van der Waals surface area (Å²) in [5.41, 5.74) is 5.55. The van der Waals surface area contributed by atoms with E-state index in [0.29, 0.717) is 6.61 Å². The van der Waals surface area contributed by atoms with E-state index in [1.165, 1.54) is 11.1 Å². The van der Waals surface area contributed by atoms with Crippen LogP contribution < -0.4 is 5.32 Å². The number of ether oxygens (including phenoxy) is 3. The molecule has 1 aliphatic rings. The van der Waals surface area contributed by atoms with E-state index in [-0.39, 0.29) is 32.3 Å². The van der Waals surface area contributed by atoms with Crippen molar-refractivity contribution >= 4 is 12.1 Å². The molecule has 0 radical (unpaired) electrons. The van der Waals surface area contributed by atoms with Crippen LogP contribution in [0.5, 0.6) is 0 Å². The standard InChI is InChI=1S/C29H31NO5/c1-2-16-33-19-22(28(31)34-18-21-10-4-3-5-11-21)17-30-29(32)35-20-27-25-14-8-6-12-23(25)24-13-7-9-15-26(24)27/h3-15,22,27H,2,16-20H2,1H3,(H,30,32)/t22-/m1/s1. The zero-order valence-corrected chi connectivity index (χ0v) is 19.9. The summed E-state index contributed by atoms with van der Waals surface area (Å²) in [6, 6.07) is 25.8. The molecule has 0 unspecified atom stereocenters. The molecule has 3 aromatic carbocycles. The molecule has 0 saturated carbocycles. The maximum Gasteiger partial charge on any atom is 0.407 e. The number of carbonyl (C=O) groups excluding carboxylic acids is 2. The molecule has 6 nitrogen and oxygen atoms in total. The Morgan fingerprint density at radius 2 is 1.49 bits per heavy atom. The van der Waals surface area contributed by atoms with Crippen molar-refractivity contribution in [2.45, 2.75) is 25.9 Å². The van der Waals surface area contributed by atoms with Crippen LogP contribution in [-0.4, -0.2) is 38.4 Å². The Labute approximate surface area is 206 Å². The Hall–Kier alpha value is -3.64. The highest BCUT2D eigenvalue weighted by atomic mass is 16.6. The van der Waals surface area contributed by atoms with E-state index >= 15 is 0 Å². The van der Waals surface area contributed by atoms with Gasteiger partial charge in [-0.05, 0) is 34.2 Å². The van der Waals surface area contributed by atoms with Crippen molar-refractivity contribution in [3.63, 3.8) is 0 Å². The van der Waals surface area contributed by atoms with Crippen LogP contribution in [0, 0.1) is 5.92 Å². The molecule has 0 saturated heterocycles. The lowest BCUT2D eigenvalue weighted by molar-refractivity contribution is -0.151. The second-order valence-corrected chi connectivity index (χ2v) is 8.57. The fourth-order valence-corrected chi connectivity index (χ4v) is 4.28. The summed E-state index contributed by atoms with van der Waals surface area (Å²) in [6.45, 7) is 3.18. The third-order valence-electron chi connectivity index (χ3n) is 6.06. The van der Waals surface area contributed by atoms with Crippen LogP contribution in [0.4, 0.5) is 4.79 Å². The molecule has 1 aliphatic carbocycles. The molecule has 0 aromatic heterocycles. The molecule has 1 atom stereocenters. The van der Waals surface area contributed by atoms with Crippen LogP contribution in [0.3, 0.4) is 0 Å². The fourth-order valence-electron chi connectivity index (χ4n) is 4.28. The van der Waals surface area contributed by atoms with Crippen molar-refractivity contribution in [2.75, 3.05) is 26.4 Å².